The molecule has 124 valence electrons. The number of para-hydroxylation sites is 1. The first-order valence-electron chi connectivity index (χ1n) is 8.88. The monoisotopic (exact) mass is 314 g/mol. The number of anilines is 1. The molecule has 4 heteroatoms. The molecular weight excluding hydrogens is 288 g/mol. The highest BCUT2D eigenvalue weighted by atomic mass is 16.2. The Kier molecular flexibility index (Phi) is 4.99. The Bertz CT molecular complexity index is 576. The minimum Gasteiger partial charge on any atom is -0.342 e. The van der Waals surface area contributed by atoms with Crippen molar-refractivity contribution in [2.45, 2.75) is 45.4 Å². The van der Waals surface area contributed by atoms with E-state index in [9.17, 15) is 9.59 Å². The van der Waals surface area contributed by atoms with Crippen LogP contribution in [0.3, 0.4) is 0 Å². The fourth-order valence-corrected chi connectivity index (χ4v) is 3.46. The Morgan fingerprint density at radius 3 is 2.48 bits per heavy atom. The summed E-state index contributed by atoms with van der Waals surface area (Å²) in [4.78, 5) is 27.0. The van der Waals surface area contributed by atoms with Crippen molar-refractivity contribution in [1.29, 1.82) is 0 Å². The number of aryl methyl sites for hydroxylation is 1. The van der Waals surface area contributed by atoms with Gasteiger partial charge in [0.25, 0.3) is 0 Å². The maximum atomic E-state index is 12.5. The standard InChI is InChI=1S/C19H26N2O2/c1-2-14-9-5-6-10-17(14)20-18(22)15-13-16(15)19(23)21-11-7-3-4-8-12-21/h5-6,9-10,15-16H,2-4,7-8,11-13H2,1H3,(H,20,22). The first-order valence-corrected chi connectivity index (χ1v) is 8.88. The SMILES string of the molecule is CCc1ccccc1NC(=O)C1CC1C(=O)N1CCCCCC1. The third-order valence-corrected chi connectivity index (χ3v) is 5.02. The normalized spacial score (nSPS) is 24.0. The first kappa shape index (κ1) is 16.0. The average Bonchev–Trinajstić information content (AvgIpc) is 3.38. The van der Waals surface area contributed by atoms with Crippen molar-refractivity contribution in [2.75, 3.05) is 18.4 Å². The molecule has 3 rings (SSSR count). The topological polar surface area (TPSA) is 49.4 Å². The van der Waals surface area contributed by atoms with Gasteiger partial charge in [0.1, 0.15) is 0 Å². The van der Waals surface area contributed by atoms with Crippen LogP contribution in [0.2, 0.25) is 0 Å². The van der Waals surface area contributed by atoms with E-state index in [0.29, 0.717) is 6.42 Å². The number of benzene rings is 1. The zero-order chi connectivity index (χ0) is 16.2. The van der Waals surface area contributed by atoms with Crippen molar-refractivity contribution in [3.05, 3.63) is 29.8 Å². The molecule has 1 saturated carbocycles. The lowest BCUT2D eigenvalue weighted by Gasteiger charge is -2.20. The summed E-state index contributed by atoms with van der Waals surface area (Å²) in [6.45, 7) is 3.80. The third kappa shape index (κ3) is 3.74. The van der Waals surface area contributed by atoms with E-state index in [-0.39, 0.29) is 23.7 Å². The Morgan fingerprint density at radius 1 is 1.09 bits per heavy atom. The van der Waals surface area contributed by atoms with Crippen molar-refractivity contribution in [3.63, 3.8) is 0 Å². The van der Waals surface area contributed by atoms with E-state index in [4.69, 9.17) is 0 Å². The molecule has 2 fully saturated rings. The van der Waals surface area contributed by atoms with Crippen LogP contribution in [0.15, 0.2) is 24.3 Å². The summed E-state index contributed by atoms with van der Waals surface area (Å²) in [6.07, 6.45) is 6.21. The molecule has 0 radical (unpaired) electrons. The molecule has 0 bridgehead atoms. The lowest BCUT2D eigenvalue weighted by atomic mass is 10.1. The van der Waals surface area contributed by atoms with Crippen LogP contribution in [-0.4, -0.2) is 29.8 Å². The smallest absolute Gasteiger partial charge is 0.228 e. The number of amides is 2. The van der Waals surface area contributed by atoms with E-state index in [1.54, 1.807) is 0 Å². The second kappa shape index (κ2) is 7.16. The first-order chi connectivity index (χ1) is 11.2. The van der Waals surface area contributed by atoms with Gasteiger partial charge in [0.15, 0.2) is 0 Å². The summed E-state index contributed by atoms with van der Waals surface area (Å²) < 4.78 is 0. The lowest BCUT2D eigenvalue weighted by Crippen LogP contribution is -2.34. The Labute approximate surface area is 138 Å². The van der Waals surface area contributed by atoms with Crippen LogP contribution < -0.4 is 5.32 Å². The second-order valence-corrected chi connectivity index (χ2v) is 6.69. The van der Waals surface area contributed by atoms with Crippen LogP contribution in [0.1, 0.15) is 44.6 Å². The van der Waals surface area contributed by atoms with E-state index in [1.165, 1.54) is 12.8 Å². The summed E-state index contributed by atoms with van der Waals surface area (Å²) >= 11 is 0. The van der Waals surface area contributed by atoms with Gasteiger partial charge in [-0.1, -0.05) is 38.0 Å². The highest BCUT2D eigenvalue weighted by molar-refractivity contribution is 5.99. The molecule has 1 N–H and O–H groups in total. The molecule has 23 heavy (non-hydrogen) atoms. The number of carbonyl (C=O) groups excluding carboxylic acids is 2. The molecule has 0 aromatic heterocycles. The van der Waals surface area contributed by atoms with Gasteiger partial charge in [0.05, 0.1) is 11.8 Å². The Morgan fingerprint density at radius 2 is 1.78 bits per heavy atom. The van der Waals surface area contributed by atoms with Gasteiger partial charge >= 0.3 is 0 Å². The van der Waals surface area contributed by atoms with Gasteiger partial charge in [0, 0.05) is 18.8 Å². The van der Waals surface area contributed by atoms with Gasteiger partial charge in [-0.2, -0.15) is 0 Å². The predicted molar refractivity (Wildman–Crippen MR) is 91.1 cm³/mol. The lowest BCUT2D eigenvalue weighted by molar-refractivity contribution is -0.134. The summed E-state index contributed by atoms with van der Waals surface area (Å²) in [5.74, 6) is -0.0487. The molecule has 2 amide bonds. The predicted octanol–water partition coefficient (Wildman–Crippen LogP) is 3.23. The van der Waals surface area contributed by atoms with Gasteiger partial charge in [-0.25, -0.2) is 0 Å². The molecule has 2 unspecified atom stereocenters. The van der Waals surface area contributed by atoms with Crippen molar-refractivity contribution in [3.8, 4) is 0 Å². The molecule has 2 aliphatic rings. The zero-order valence-corrected chi connectivity index (χ0v) is 13.9. The summed E-state index contributed by atoms with van der Waals surface area (Å²) in [7, 11) is 0. The van der Waals surface area contributed by atoms with Gasteiger partial charge in [0.2, 0.25) is 11.8 Å². The average molecular weight is 314 g/mol. The Hall–Kier alpha value is -1.84. The van der Waals surface area contributed by atoms with E-state index >= 15 is 0 Å². The van der Waals surface area contributed by atoms with Crippen molar-refractivity contribution in [2.24, 2.45) is 11.8 Å². The fraction of sp³-hybridized carbons (Fsp3) is 0.579. The molecule has 1 aliphatic carbocycles. The van der Waals surface area contributed by atoms with Crippen molar-refractivity contribution >= 4 is 17.5 Å². The van der Waals surface area contributed by atoms with Gasteiger partial charge < -0.3 is 10.2 Å². The Balaban J connectivity index is 1.57. The fourth-order valence-electron chi connectivity index (χ4n) is 3.46. The summed E-state index contributed by atoms with van der Waals surface area (Å²) in [5, 5.41) is 3.01. The number of hydrogen-bond donors (Lipinski definition) is 1. The van der Waals surface area contributed by atoms with Crippen molar-refractivity contribution in [1.82, 2.24) is 4.90 Å². The van der Waals surface area contributed by atoms with Gasteiger partial charge in [-0.3, -0.25) is 9.59 Å². The molecular formula is C19H26N2O2. The zero-order valence-electron chi connectivity index (χ0n) is 13.9. The van der Waals surface area contributed by atoms with Gasteiger partial charge in [-0.15, -0.1) is 0 Å². The van der Waals surface area contributed by atoms with E-state index in [2.05, 4.69) is 12.2 Å². The largest absolute Gasteiger partial charge is 0.342 e. The number of carbonyl (C=O) groups is 2. The summed E-state index contributed by atoms with van der Waals surface area (Å²) in [5.41, 5.74) is 2.02. The second-order valence-electron chi connectivity index (χ2n) is 6.69. The van der Waals surface area contributed by atoms with Crippen LogP contribution in [-0.2, 0) is 16.0 Å². The van der Waals surface area contributed by atoms with E-state index in [1.807, 2.05) is 29.2 Å². The van der Waals surface area contributed by atoms with Crippen LogP contribution in [0.5, 0.6) is 0 Å². The molecule has 0 spiro atoms. The maximum absolute atomic E-state index is 12.5. The van der Waals surface area contributed by atoms with E-state index < -0.39 is 0 Å². The molecule has 1 heterocycles. The third-order valence-electron chi connectivity index (χ3n) is 5.02. The number of nitrogens with zero attached hydrogens (tertiary/aromatic N) is 1. The number of likely N-dealkylation sites (tertiary alicyclic amines) is 1. The molecule has 1 saturated heterocycles. The van der Waals surface area contributed by atoms with Gasteiger partial charge in [-0.05, 0) is 37.3 Å². The molecule has 1 aromatic carbocycles. The quantitative estimate of drug-likeness (QED) is 0.927. The van der Waals surface area contributed by atoms with Crippen LogP contribution in [0.4, 0.5) is 5.69 Å². The number of hydrogen-bond acceptors (Lipinski definition) is 2. The molecule has 1 aromatic rings. The van der Waals surface area contributed by atoms with Crippen LogP contribution in [0, 0.1) is 11.8 Å². The summed E-state index contributed by atoms with van der Waals surface area (Å²) in [6, 6.07) is 7.88. The number of nitrogens with one attached hydrogen (secondary N) is 1. The molecule has 2 atom stereocenters. The number of rotatable bonds is 4. The van der Waals surface area contributed by atoms with Crippen LogP contribution >= 0.6 is 0 Å². The highest BCUT2D eigenvalue weighted by Crippen LogP contribution is 2.41. The minimum atomic E-state index is -0.143. The van der Waals surface area contributed by atoms with Crippen LogP contribution in [0.25, 0.3) is 0 Å². The highest BCUT2D eigenvalue weighted by Gasteiger charge is 2.49. The molecule has 1 aliphatic heterocycles. The minimum absolute atomic E-state index is 0.000859. The van der Waals surface area contributed by atoms with E-state index in [0.717, 1.165) is 43.6 Å². The van der Waals surface area contributed by atoms with Crippen molar-refractivity contribution < 1.29 is 9.59 Å². The molecule has 4 nitrogen and oxygen atoms in total. The maximum Gasteiger partial charge on any atom is 0.228 e.